The number of hydrogen-bond acceptors (Lipinski definition) is 5. The third-order valence-electron chi connectivity index (χ3n) is 2.52. The summed E-state index contributed by atoms with van der Waals surface area (Å²) in [5.41, 5.74) is 0.753. The molecule has 0 unspecified atom stereocenters. The highest BCUT2D eigenvalue weighted by Gasteiger charge is 2.11. The van der Waals surface area contributed by atoms with Crippen LogP contribution < -0.4 is 4.74 Å². The van der Waals surface area contributed by atoms with E-state index in [0.29, 0.717) is 23.6 Å². The number of nitriles is 1. The van der Waals surface area contributed by atoms with Gasteiger partial charge in [0.05, 0.1) is 24.1 Å². The second-order valence-corrected chi connectivity index (χ2v) is 3.99. The molecule has 0 bridgehead atoms. The molecule has 0 aliphatic carbocycles. The quantitative estimate of drug-likeness (QED) is 0.887. The normalized spacial score (nSPS) is 10.0. The molecule has 1 N–H and O–H groups in total. The lowest BCUT2D eigenvalue weighted by Crippen LogP contribution is -2.00. The smallest absolute Gasteiger partial charge is 0.358 e. The van der Waals surface area contributed by atoms with Gasteiger partial charge in [0.1, 0.15) is 11.8 Å². The summed E-state index contributed by atoms with van der Waals surface area (Å²) >= 11 is 0. The average molecular weight is 272 g/mol. The summed E-state index contributed by atoms with van der Waals surface area (Å²) in [6.07, 6.45) is 2.13. The molecular formula is C13H12N4O3. The fraction of sp³-hybridized carbons (Fsp3) is 0.231. The monoisotopic (exact) mass is 272 g/mol. The second kappa shape index (κ2) is 5.84. The largest absolute Gasteiger partial charge is 0.492 e. The van der Waals surface area contributed by atoms with Crippen LogP contribution in [0.5, 0.6) is 5.75 Å². The standard InChI is InChI=1S/C13H12N4O3/c1-2-5-20-12-4-3-10(6-9(12)7-14)17-8-11(13(18)19)15-16-17/h3-4,6,8H,2,5H2,1H3,(H,18,19). The Kier molecular flexibility index (Phi) is 3.96. The second-order valence-electron chi connectivity index (χ2n) is 3.99. The molecule has 0 saturated carbocycles. The van der Waals surface area contributed by atoms with E-state index in [0.717, 1.165) is 6.42 Å². The van der Waals surface area contributed by atoms with Crippen LogP contribution in [0.25, 0.3) is 5.69 Å². The van der Waals surface area contributed by atoms with Crippen LogP contribution in [-0.4, -0.2) is 32.7 Å². The van der Waals surface area contributed by atoms with E-state index in [2.05, 4.69) is 10.3 Å². The number of carboxylic acids is 1. The molecule has 0 spiro atoms. The SMILES string of the molecule is CCCOc1ccc(-n2cc(C(=O)O)nn2)cc1C#N. The molecule has 0 aliphatic rings. The van der Waals surface area contributed by atoms with Crippen LogP contribution in [0.1, 0.15) is 29.4 Å². The minimum Gasteiger partial charge on any atom is -0.492 e. The number of aromatic nitrogens is 3. The van der Waals surface area contributed by atoms with Gasteiger partial charge < -0.3 is 9.84 Å². The number of hydrogen-bond donors (Lipinski definition) is 1. The van der Waals surface area contributed by atoms with Gasteiger partial charge in [-0.2, -0.15) is 5.26 Å². The Hall–Kier alpha value is -2.88. The molecule has 102 valence electrons. The molecule has 7 heteroatoms. The van der Waals surface area contributed by atoms with Gasteiger partial charge in [-0.05, 0) is 24.6 Å². The summed E-state index contributed by atoms with van der Waals surface area (Å²) in [5.74, 6) is -0.656. The maximum absolute atomic E-state index is 10.8. The maximum atomic E-state index is 10.8. The number of benzene rings is 1. The number of ether oxygens (including phenoxy) is 1. The van der Waals surface area contributed by atoms with Gasteiger partial charge >= 0.3 is 5.97 Å². The molecule has 7 nitrogen and oxygen atoms in total. The number of carboxylic acid groups (broad SMARTS) is 1. The molecule has 0 saturated heterocycles. The zero-order valence-electron chi connectivity index (χ0n) is 10.8. The summed E-state index contributed by atoms with van der Waals surface area (Å²) < 4.78 is 6.75. The molecule has 1 heterocycles. The van der Waals surface area contributed by atoms with E-state index in [-0.39, 0.29) is 5.69 Å². The molecule has 2 rings (SSSR count). The van der Waals surface area contributed by atoms with Crippen molar-refractivity contribution in [3.63, 3.8) is 0 Å². The lowest BCUT2D eigenvalue weighted by atomic mass is 10.2. The van der Waals surface area contributed by atoms with Crippen LogP contribution in [0.4, 0.5) is 0 Å². The Morgan fingerprint density at radius 3 is 2.95 bits per heavy atom. The van der Waals surface area contributed by atoms with Crippen molar-refractivity contribution in [2.75, 3.05) is 6.61 Å². The van der Waals surface area contributed by atoms with E-state index in [1.807, 2.05) is 13.0 Å². The third-order valence-corrected chi connectivity index (χ3v) is 2.52. The molecule has 0 amide bonds. The van der Waals surface area contributed by atoms with E-state index in [1.54, 1.807) is 18.2 Å². The first kappa shape index (κ1) is 13.5. The Morgan fingerprint density at radius 2 is 2.35 bits per heavy atom. The van der Waals surface area contributed by atoms with Crippen LogP contribution >= 0.6 is 0 Å². The highest BCUT2D eigenvalue weighted by molar-refractivity contribution is 5.84. The van der Waals surface area contributed by atoms with Crippen molar-refractivity contribution in [3.05, 3.63) is 35.7 Å². The fourth-order valence-electron chi connectivity index (χ4n) is 1.57. The fourth-order valence-corrected chi connectivity index (χ4v) is 1.57. The molecule has 20 heavy (non-hydrogen) atoms. The van der Waals surface area contributed by atoms with Crippen molar-refractivity contribution in [3.8, 4) is 17.5 Å². The van der Waals surface area contributed by atoms with E-state index in [9.17, 15) is 4.79 Å². The lowest BCUT2D eigenvalue weighted by Gasteiger charge is -2.08. The maximum Gasteiger partial charge on any atom is 0.358 e. The summed E-state index contributed by atoms with van der Waals surface area (Å²) in [4.78, 5) is 10.8. The summed E-state index contributed by atoms with van der Waals surface area (Å²) in [7, 11) is 0. The predicted octanol–water partition coefficient (Wildman–Crippen LogP) is 1.63. The molecule has 1 aromatic carbocycles. The van der Waals surface area contributed by atoms with Gasteiger partial charge in [-0.1, -0.05) is 12.1 Å². The van der Waals surface area contributed by atoms with Gasteiger partial charge in [0, 0.05) is 0 Å². The van der Waals surface area contributed by atoms with Crippen LogP contribution in [0.2, 0.25) is 0 Å². The average Bonchev–Trinajstić information content (AvgIpc) is 2.95. The first-order valence-electron chi connectivity index (χ1n) is 5.98. The van der Waals surface area contributed by atoms with Crippen molar-refractivity contribution in [1.29, 1.82) is 5.26 Å². The van der Waals surface area contributed by atoms with Gasteiger partial charge in [0.15, 0.2) is 5.69 Å². The van der Waals surface area contributed by atoms with Crippen LogP contribution in [0, 0.1) is 11.3 Å². The molecule has 0 atom stereocenters. The number of nitrogens with zero attached hydrogens (tertiary/aromatic N) is 4. The Bertz CT molecular complexity index is 672. The lowest BCUT2D eigenvalue weighted by molar-refractivity contribution is 0.0690. The summed E-state index contributed by atoms with van der Waals surface area (Å²) in [6.45, 7) is 2.50. The van der Waals surface area contributed by atoms with Crippen LogP contribution in [-0.2, 0) is 0 Å². The molecule has 1 aromatic heterocycles. The van der Waals surface area contributed by atoms with Crippen molar-refractivity contribution in [2.45, 2.75) is 13.3 Å². The number of carbonyl (C=O) groups is 1. The molecule has 0 fully saturated rings. The first-order chi connectivity index (χ1) is 9.65. The van der Waals surface area contributed by atoms with Crippen molar-refractivity contribution in [2.24, 2.45) is 0 Å². The van der Waals surface area contributed by atoms with Crippen LogP contribution in [0.15, 0.2) is 24.4 Å². The third kappa shape index (κ3) is 2.75. The summed E-state index contributed by atoms with van der Waals surface area (Å²) in [6, 6.07) is 6.96. The van der Waals surface area contributed by atoms with Crippen molar-refractivity contribution < 1.29 is 14.6 Å². The van der Waals surface area contributed by atoms with E-state index >= 15 is 0 Å². The Labute approximate surface area is 115 Å². The van der Waals surface area contributed by atoms with E-state index < -0.39 is 5.97 Å². The highest BCUT2D eigenvalue weighted by Crippen LogP contribution is 2.21. The van der Waals surface area contributed by atoms with E-state index in [1.165, 1.54) is 10.9 Å². The van der Waals surface area contributed by atoms with Gasteiger partial charge in [-0.25, -0.2) is 9.48 Å². The molecular weight excluding hydrogens is 260 g/mol. The topological polar surface area (TPSA) is 101 Å². The van der Waals surface area contributed by atoms with Crippen LogP contribution in [0.3, 0.4) is 0 Å². The molecule has 0 aliphatic heterocycles. The van der Waals surface area contributed by atoms with E-state index in [4.69, 9.17) is 15.1 Å². The number of aromatic carboxylic acids is 1. The zero-order valence-corrected chi connectivity index (χ0v) is 10.8. The molecule has 2 aromatic rings. The van der Waals surface area contributed by atoms with Crippen molar-refractivity contribution >= 4 is 5.97 Å². The minimum absolute atomic E-state index is 0.158. The number of rotatable bonds is 5. The first-order valence-corrected chi connectivity index (χ1v) is 5.98. The highest BCUT2D eigenvalue weighted by atomic mass is 16.5. The Balaban J connectivity index is 2.33. The Morgan fingerprint density at radius 1 is 1.55 bits per heavy atom. The zero-order chi connectivity index (χ0) is 14.5. The van der Waals surface area contributed by atoms with Gasteiger partial charge in [-0.15, -0.1) is 5.10 Å². The summed E-state index contributed by atoms with van der Waals surface area (Å²) in [5, 5.41) is 25.1. The predicted molar refractivity (Wildman–Crippen MR) is 68.8 cm³/mol. The minimum atomic E-state index is -1.15. The van der Waals surface area contributed by atoms with Gasteiger partial charge in [-0.3, -0.25) is 0 Å². The van der Waals surface area contributed by atoms with Gasteiger partial charge in [0.2, 0.25) is 0 Å². The van der Waals surface area contributed by atoms with Crippen molar-refractivity contribution in [1.82, 2.24) is 15.0 Å². The van der Waals surface area contributed by atoms with Gasteiger partial charge in [0.25, 0.3) is 0 Å². The molecule has 0 radical (unpaired) electrons.